The van der Waals surface area contributed by atoms with Gasteiger partial charge in [0.1, 0.15) is 5.78 Å². The number of Topliss-reactive ketones (excluding diaryl/α,β-unsaturated/α-hetero) is 1. The molecule has 96 valence electrons. The maximum Gasteiger partial charge on any atom is 0.149 e. The molecular formula is C14H23NO2. The van der Waals surface area contributed by atoms with Crippen molar-refractivity contribution in [3.05, 3.63) is 12.7 Å². The second kappa shape index (κ2) is 5.78. The minimum absolute atomic E-state index is 0.0526. The van der Waals surface area contributed by atoms with E-state index in [-0.39, 0.29) is 11.5 Å². The van der Waals surface area contributed by atoms with E-state index in [0.29, 0.717) is 18.9 Å². The molecule has 1 saturated heterocycles. The number of hydrogen-bond acceptors (Lipinski definition) is 3. The molecule has 3 nitrogen and oxygen atoms in total. The average Bonchev–Trinajstić information content (AvgIpc) is 2.77. The van der Waals surface area contributed by atoms with E-state index in [0.717, 1.165) is 32.3 Å². The summed E-state index contributed by atoms with van der Waals surface area (Å²) in [7, 11) is 0. The zero-order valence-corrected chi connectivity index (χ0v) is 10.5. The molecule has 1 heterocycles. The SMILES string of the molecule is C=CCNCC(=O)C1CCOC2(CCCC2)C1. The fourth-order valence-corrected chi connectivity index (χ4v) is 3.11. The van der Waals surface area contributed by atoms with Gasteiger partial charge < -0.3 is 10.1 Å². The maximum absolute atomic E-state index is 12.1. The third-order valence-electron chi connectivity index (χ3n) is 4.05. The Morgan fingerprint density at radius 3 is 2.94 bits per heavy atom. The second-order valence-electron chi connectivity index (χ2n) is 5.31. The molecule has 1 unspecified atom stereocenters. The van der Waals surface area contributed by atoms with Crippen molar-refractivity contribution >= 4 is 5.78 Å². The molecule has 0 aromatic rings. The number of carbonyl (C=O) groups excluding carboxylic acids is 1. The van der Waals surface area contributed by atoms with Crippen LogP contribution in [0.1, 0.15) is 38.5 Å². The Morgan fingerprint density at radius 2 is 2.24 bits per heavy atom. The van der Waals surface area contributed by atoms with Gasteiger partial charge in [0, 0.05) is 19.1 Å². The standard InChI is InChI=1S/C14H23NO2/c1-2-8-15-11-13(16)12-5-9-17-14(10-12)6-3-4-7-14/h2,12,15H,1,3-11H2. The monoisotopic (exact) mass is 237 g/mol. The molecule has 2 rings (SSSR count). The highest BCUT2D eigenvalue weighted by molar-refractivity contribution is 5.83. The minimum atomic E-state index is 0.0526. The van der Waals surface area contributed by atoms with Crippen molar-refractivity contribution in [3.8, 4) is 0 Å². The first-order chi connectivity index (χ1) is 8.26. The highest BCUT2D eigenvalue weighted by atomic mass is 16.5. The van der Waals surface area contributed by atoms with Crippen LogP contribution in [0.4, 0.5) is 0 Å². The fraction of sp³-hybridized carbons (Fsp3) is 0.786. The van der Waals surface area contributed by atoms with Crippen molar-refractivity contribution < 1.29 is 9.53 Å². The zero-order chi connectivity index (χ0) is 12.1. The zero-order valence-electron chi connectivity index (χ0n) is 10.5. The Balaban J connectivity index is 1.84. The van der Waals surface area contributed by atoms with Gasteiger partial charge in [-0.2, -0.15) is 0 Å². The van der Waals surface area contributed by atoms with E-state index in [1.807, 2.05) is 0 Å². The molecule has 1 saturated carbocycles. The predicted molar refractivity (Wildman–Crippen MR) is 67.9 cm³/mol. The van der Waals surface area contributed by atoms with E-state index >= 15 is 0 Å². The third-order valence-corrected chi connectivity index (χ3v) is 4.05. The summed E-state index contributed by atoms with van der Waals surface area (Å²) >= 11 is 0. The fourth-order valence-electron chi connectivity index (χ4n) is 3.11. The maximum atomic E-state index is 12.1. The highest BCUT2D eigenvalue weighted by Gasteiger charge is 2.41. The number of hydrogen-bond donors (Lipinski definition) is 1. The summed E-state index contributed by atoms with van der Waals surface area (Å²) in [6.45, 7) is 5.58. The van der Waals surface area contributed by atoms with E-state index in [9.17, 15) is 4.79 Å². The van der Waals surface area contributed by atoms with Gasteiger partial charge in [0.2, 0.25) is 0 Å². The molecule has 1 atom stereocenters. The summed E-state index contributed by atoms with van der Waals surface area (Å²) < 4.78 is 5.94. The number of carbonyl (C=O) groups is 1. The van der Waals surface area contributed by atoms with E-state index in [4.69, 9.17) is 4.74 Å². The Kier molecular flexibility index (Phi) is 4.35. The summed E-state index contributed by atoms with van der Waals surface area (Å²) in [4.78, 5) is 12.1. The van der Waals surface area contributed by atoms with Crippen LogP contribution in [0, 0.1) is 5.92 Å². The predicted octanol–water partition coefficient (Wildman–Crippen LogP) is 2.07. The van der Waals surface area contributed by atoms with E-state index in [1.54, 1.807) is 6.08 Å². The first-order valence-corrected chi connectivity index (χ1v) is 6.74. The van der Waals surface area contributed by atoms with Crippen molar-refractivity contribution in [2.75, 3.05) is 19.7 Å². The minimum Gasteiger partial charge on any atom is -0.375 e. The first-order valence-electron chi connectivity index (χ1n) is 6.74. The summed E-state index contributed by atoms with van der Waals surface area (Å²) in [5.41, 5.74) is 0.0526. The molecule has 17 heavy (non-hydrogen) atoms. The van der Waals surface area contributed by atoms with Crippen molar-refractivity contribution in [3.63, 3.8) is 0 Å². The molecule has 3 heteroatoms. The normalized spacial score (nSPS) is 27.2. The molecular weight excluding hydrogens is 214 g/mol. The van der Waals surface area contributed by atoms with Crippen LogP contribution in [0.5, 0.6) is 0 Å². The molecule has 0 amide bonds. The first kappa shape index (κ1) is 12.8. The largest absolute Gasteiger partial charge is 0.375 e. The molecule has 2 fully saturated rings. The molecule has 1 aliphatic carbocycles. The van der Waals surface area contributed by atoms with Crippen LogP contribution in [-0.2, 0) is 9.53 Å². The van der Waals surface area contributed by atoms with Gasteiger partial charge in [-0.05, 0) is 25.7 Å². The lowest BCUT2D eigenvalue weighted by molar-refractivity contribution is -0.135. The molecule has 0 bridgehead atoms. The molecule has 0 aromatic carbocycles. The van der Waals surface area contributed by atoms with Crippen LogP contribution in [-0.4, -0.2) is 31.1 Å². The quantitative estimate of drug-likeness (QED) is 0.587. The molecule has 2 aliphatic rings. The third kappa shape index (κ3) is 3.17. The van der Waals surface area contributed by atoms with Crippen LogP contribution in [0.2, 0.25) is 0 Å². The van der Waals surface area contributed by atoms with Crippen LogP contribution < -0.4 is 5.32 Å². The van der Waals surface area contributed by atoms with Gasteiger partial charge in [0.15, 0.2) is 0 Å². The van der Waals surface area contributed by atoms with Gasteiger partial charge in [-0.25, -0.2) is 0 Å². The van der Waals surface area contributed by atoms with Crippen LogP contribution in [0.25, 0.3) is 0 Å². The van der Waals surface area contributed by atoms with Crippen LogP contribution >= 0.6 is 0 Å². The Hall–Kier alpha value is -0.670. The van der Waals surface area contributed by atoms with Gasteiger partial charge in [0.05, 0.1) is 12.1 Å². The lowest BCUT2D eigenvalue weighted by Crippen LogP contribution is -2.41. The van der Waals surface area contributed by atoms with Crippen molar-refractivity contribution in [1.29, 1.82) is 0 Å². The lowest BCUT2D eigenvalue weighted by Gasteiger charge is -2.37. The smallest absolute Gasteiger partial charge is 0.149 e. The van der Waals surface area contributed by atoms with Gasteiger partial charge in [-0.1, -0.05) is 18.9 Å². The molecule has 0 aromatic heterocycles. The highest BCUT2D eigenvalue weighted by Crippen LogP contribution is 2.42. The van der Waals surface area contributed by atoms with Gasteiger partial charge >= 0.3 is 0 Å². The summed E-state index contributed by atoms with van der Waals surface area (Å²) in [6, 6.07) is 0. The van der Waals surface area contributed by atoms with Crippen LogP contribution in [0.3, 0.4) is 0 Å². The Bertz CT molecular complexity index is 282. The molecule has 1 aliphatic heterocycles. The van der Waals surface area contributed by atoms with Gasteiger partial charge in [0.25, 0.3) is 0 Å². The number of rotatable bonds is 5. The summed E-state index contributed by atoms with van der Waals surface area (Å²) in [5.74, 6) is 0.556. The number of nitrogens with one attached hydrogen (secondary N) is 1. The van der Waals surface area contributed by atoms with E-state index in [2.05, 4.69) is 11.9 Å². The number of ketones is 1. The van der Waals surface area contributed by atoms with E-state index < -0.39 is 0 Å². The molecule has 1 spiro atoms. The van der Waals surface area contributed by atoms with Gasteiger partial charge in [-0.15, -0.1) is 6.58 Å². The number of ether oxygens (including phenoxy) is 1. The van der Waals surface area contributed by atoms with Crippen molar-refractivity contribution in [2.24, 2.45) is 5.92 Å². The average molecular weight is 237 g/mol. The topological polar surface area (TPSA) is 38.3 Å². The lowest BCUT2D eigenvalue weighted by atomic mass is 9.82. The van der Waals surface area contributed by atoms with Crippen molar-refractivity contribution in [2.45, 2.75) is 44.1 Å². The van der Waals surface area contributed by atoms with Crippen molar-refractivity contribution in [1.82, 2.24) is 5.32 Å². The molecule has 0 radical (unpaired) electrons. The molecule has 1 N–H and O–H groups in total. The second-order valence-corrected chi connectivity index (χ2v) is 5.31. The summed E-state index contributed by atoms with van der Waals surface area (Å²) in [6.07, 6.45) is 8.45. The van der Waals surface area contributed by atoms with E-state index in [1.165, 1.54) is 12.8 Å². The Labute approximate surface area is 104 Å². The van der Waals surface area contributed by atoms with Gasteiger partial charge in [-0.3, -0.25) is 4.79 Å². The van der Waals surface area contributed by atoms with Crippen LogP contribution in [0.15, 0.2) is 12.7 Å². The Morgan fingerprint density at radius 1 is 1.47 bits per heavy atom. The summed E-state index contributed by atoms with van der Waals surface area (Å²) in [5, 5.41) is 3.10.